The second-order valence-electron chi connectivity index (χ2n) is 24.9. The first-order valence-electron chi connectivity index (χ1n) is 32.5. The van der Waals surface area contributed by atoms with Crippen molar-refractivity contribution >= 4 is 122 Å². The van der Waals surface area contributed by atoms with Crippen LogP contribution >= 0.6 is 0 Å². The standard InChI is InChI=1S/C89H55N7/c1-91-59-43-47-64(48-44-59)93(66-49-51-71-67-29-15-19-37-79(67)95(84(71)54-66)61-25-7-3-8-26-61)86-56-78-88(73-34-14-12-31-69(73)86)87-72-33-13-11-30-68(72)85(55-77(87)89(78)75-35-17-21-39-82(75)96(62-27-9-4-10-28-62)83-40-22-18-36-76(83)89)92(63-45-41-58(57-90)42-46-63)65-50-52-81-74(53-65)70-32-16-20-38-80(70)94(81)60-23-5-2-6-24-60/h2-56H. The van der Waals surface area contributed by atoms with Gasteiger partial charge in [0.15, 0.2) is 5.69 Å². The first-order valence-corrected chi connectivity index (χ1v) is 32.5. The molecule has 0 fully saturated rings. The van der Waals surface area contributed by atoms with Gasteiger partial charge in [0.1, 0.15) is 0 Å². The first-order chi connectivity index (χ1) is 47.6. The summed E-state index contributed by atoms with van der Waals surface area (Å²) in [6.07, 6.45) is 0. The number of hydrogen-bond donors (Lipinski definition) is 0. The molecule has 17 aromatic rings. The van der Waals surface area contributed by atoms with E-state index < -0.39 is 5.41 Å². The van der Waals surface area contributed by atoms with E-state index in [0.717, 1.165) is 145 Å². The molecule has 1 aliphatic carbocycles. The molecule has 15 aromatic carbocycles. The zero-order valence-electron chi connectivity index (χ0n) is 51.9. The Labute approximate surface area is 554 Å². The highest BCUT2D eigenvalue weighted by molar-refractivity contribution is 6.20. The van der Waals surface area contributed by atoms with Crippen molar-refractivity contribution < 1.29 is 0 Å². The van der Waals surface area contributed by atoms with Gasteiger partial charge in [0.2, 0.25) is 0 Å². The number of nitriles is 1. The van der Waals surface area contributed by atoms with Gasteiger partial charge in [0.05, 0.1) is 68.4 Å². The van der Waals surface area contributed by atoms with E-state index >= 15 is 0 Å². The largest absolute Gasteiger partial charge is 0.310 e. The van der Waals surface area contributed by atoms with Crippen LogP contribution < -0.4 is 14.7 Å². The minimum absolute atomic E-state index is 0.571. The molecule has 7 heteroatoms. The Bertz CT molecular complexity index is 6070. The number of benzene rings is 15. The second kappa shape index (κ2) is 21.4. The minimum atomic E-state index is -0.965. The van der Waals surface area contributed by atoms with Gasteiger partial charge in [0.25, 0.3) is 0 Å². The topological polar surface area (TPSA) is 47.7 Å². The number of para-hydroxylation sites is 7. The van der Waals surface area contributed by atoms with Crippen LogP contribution in [0.5, 0.6) is 0 Å². The monoisotopic (exact) mass is 1220 g/mol. The maximum atomic E-state index is 10.4. The molecule has 0 saturated carbocycles. The van der Waals surface area contributed by atoms with E-state index in [0.29, 0.717) is 11.3 Å². The smallest absolute Gasteiger partial charge is 0.187 e. The molecule has 446 valence electrons. The average molecular weight is 1220 g/mol. The van der Waals surface area contributed by atoms with Gasteiger partial charge in [0, 0.05) is 72.1 Å². The Hall–Kier alpha value is -13.2. The van der Waals surface area contributed by atoms with E-state index in [9.17, 15) is 5.26 Å². The SMILES string of the molecule is [C-]#[N+]c1ccc(N(c2ccc3c4ccccc4n(-c4ccccc4)c3c2)c2cc3c(c4ccccc24)-c2c(cc(N(c4ccc(C#N)cc4)c4ccc5c(c4)c4ccccc4n5-c4ccccc4)c4ccccc24)C32c3ccccc3N(c3ccccc3)c3ccccc32)cc1. The predicted octanol–water partition coefficient (Wildman–Crippen LogP) is 23.7. The molecule has 1 spiro atoms. The van der Waals surface area contributed by atoms with E-state index in [4.69, 9.17) is 6.57 Å². The molecule has 96 heavy (non-hydrogen) atoms. The van der Waals surface area contributed by atoms with Crippen molar-refractivity contribution in [2.45, 2.75) is 5.41 Å². The zero-order valence-corrected chi connectivity index (χ0v) is 51.9. The number of nitrogens with zero attached hydrogens (tertiary/aromatic N) is 7. The molecule has 3 heterocycles. The van der Waals surface area contributed by atoms with Gasteiger partial charge in [-0.1, -0.05) is 194 Å². The zero-order chi connectivity index (χ0) is 63.6. The van der Waals surface area contributed by atoms with Crippen LogP contribution in [0.4, 0.5) is 56.9 Å². The van der Waals surface area contributed by atoms with Crippen molar-refractivity contribution in [3.63, 3.8) is 0 Å². The van der Waals surface area contributed by atoms with Crippen molar-refractivity contribution in [3.05, 3.63) is 373 Å². The van der Waals surface area contributed by atoms with Gasteiger partial charge >= 0.3 is 0 Å². The summed E-state index contributed by atoms with van der Waals surface area (Å²) in [5.74, 6) is 0. The summed E-state index contributed by atoms with van der Waals surface area (Å²) in [6, 6.07) is 123. The quantitative estimate of drug-likeness (QED) is 0.135. The Morgan fingerprint density at radius 1 is 0.312 bits per heavy atom. The molecule has 0 bridgehead atoms. The molecule has 0 unspecified atom stereocenters. The average Bonchev–Trinajstić information content (AvgIpc) is 1.47. The van der Waals surface area contributed by atoms with E-state index in [1.54, 1.807) is 0 Å². The van der Waals surface area contributed by atoms with Crippen LogP contribution in [0.3, 0.4) is 0 Å². The molecule has 7 nitrogen and oxygen atoms in total. The van der Waals surface area contributed by atoms with Gasteiger partial charge < -0.3 is 23.8 Å². The molecule has 0 atom stereocenters. The van der Waals surface area contributed by atoms with Gasteiger partial charge in [-0.2, -0.15) is 5.26 Å². The Balaban J connectivity index is 0.944. The molecule has 0 N–H and O–H groups in total. The molecule has 0 amide bonds. The molecule has 0 saturated heterocycles. The van der Waals surface area contributed by atoms with E-state index in [-0.39, 0.29) is 0 Å². The number of aromatic nitrogens is 2. The van der Waals surface area contributed by atoms with Gasteiger partial charge in [-0.05, 0) is 184 Å². The summed E-state index contributed by atoms with van der Waals surface area (Å²) < 4.78 is 4.76. The number of fused-ring (bicyclic) bond motifs is 19. The molecule has 19 rings (SSSR count). The van der Waals surface area contributed by atoms with Crippen molar-refractivity contribution in [1.29, 1.82) is 5.26 Å². The summed E-state index contributed by atoms with van der Waals surface area (Å²) in [5.41, 5.74) is 22.8. The number of hydrogen-bond acceptors (Lipinski definition) is 4. The highest BCUT2D eigenvalue weighted by atomic mass is 15.2. The van der Waals surface area contributed by atoms with Crippen LogP contribution in [-0.2, 0) is 5.41 Å². The fourth-order valence-corrected chi connectivity index (χ4v) is 16.2. The van der Waals surface area contributed by atoms with Crippen molar-refractivity contribution in [3.8, 4) is 28.6 Å². The summed E-state index contributed by atoms with van der Waals surface area (Å²) >= 11 is 0. The van der Waals surface area contributed by atoms with Crippen molar-refractivity contribution in [2.75, 3.05) is 14.7 Å². The molecular weight excluding hydrogens is 1170 g/mol. The summed E-state index contributed by atoms with van der Waals surface area (Å²) in [5, 5.41) is 19.4. The third-order valence-electron chi connectivity index (χ3n) is 20.0. The first kappa shape index (κ1) is 54.5. The molecule has 1 aliphatic heterocycles. The summed E-state index contributed by atoms with van der Waals surface area (Å²) in [4.78, 5) is 11.2. The van der Waals surface area contributed by atoms with Gasteiger partial charge in [-0.3, -0.25) is 0 Å². The van der Waals surface area contributed by atoms with Crippen LogP contribution in [0.25, 0.3) is 92.5 Å². The fraction of sp³-hybridized carbons (Fsp3) is 0.0112. The highest BCUT2D eigenvalue weighted by Gasteiger charge is 2.53. The lowest BCUT2D eigenvalue weighted by Crippen LogP contribution is -2.36. The van der Waals surface area contributed by atoms with Crippen LogP contribution in [0.2, 0.25) is 0 Å². The minimum Gasteiger partial charge on any atom is -0.310 e. The third kappa shape index (κ3) is 7.93. The van der Waals surface area contributed by atoms with Gasteiger partial charge in [-0.15, -0.1) is 0 Å². The fourth-order valence-electron chi connectivity index (χ4n) is 16.2. The van der Waals surface area contributed by atoms with Crippen LogP contribution in [0.15, 0.2) is 334 Å². The van der Waals surface area contributed by atoms with Crippen molar-refractivity contribution in [2.24, 2.45) is 0 Å². The Morgan fingerprint density at radius 3 is 1.24 bits per heavy atom. The maximum absolute atomic E-state index is 10.4. The predicted molar refractivity (Wildman–Crippen MR) is 396 cm³/mol. The second-order valence-corrected chi connectivity index (χ2v) is 24.9. The van der Waals surface area contributed by atoms with Gasteiger partial charge in [-0.25, -0.2) is 4.85 Å². The van der Waals surface area contributed by atoms with Crippen LogP contribution in [0.1, 0.15) is 27.8 Å². The summed E-state index contributed by atoms with van der Waals surface area (Å²) in [7, 11) is 0. The van der Waals surface area contributed by atoms with E-state index in [2.05, 4.69) is 344 Å². The highest BCUT2D eigenvalue weighted by Crippen LogP contribution is 2.67. The molecule has 2 aromatic heterocycles. The lowest BCUT2D eigenvalue weighted by molar-refractivity contribution is 0.753. The molecule has 0 radical (unpaired) electrons. The van der Waals surface area contributed by atoms with E-state index in [1.807, 2.05) is 24.3 Å². The number of anilines is 9. The Morgan fingerprint density at radius 2 is 0.708 bits per heavy atom. The van der Waals surface area contributed by atoms with Crippen LogP contribution in [0, 0.1) is 17.9 Å². The van der Waals surface area contributed by atoms with E-state index in [1.165, 1.54) is 16.5 Å². The lowest BCUT2D eigenvalue weighted by Gasteiger charge is -2.45. The third-order valence-corrected chi connectivity index (χ3v) is 20.0. The lowest BCUT2D eigenvalue weighted by atomic mass is 9.64. The molecular formula is C89H55N7. The normalized spacial score (nSPS) is 12.6. The van der Waals surface area contributed by atoms with Crippen LogP contribution in [-0.4, -0.2) is 9.13 Å². The number of rotatable bonds is 9. The maximum Gasteiger partial charge on any atom is 0.187 e. The van der Waals surface area contributed by atoms with Crippen molar-refractivity contribution in [1.82, 2.24) is 9.13 Å². The summed E-state index contributed by atoms with van der Waals surface area (Å²) in [6.45, 7) is 8.15. The Kier molecular flexibility index (Phi) is 12.2. The molecule has 2 aliphatic rings.